The van der Waals surface area contributed by atoms with Crippen LogP contribution in [0.1, 0.15) is 13.3 Å². The van der Waals surface area contributed by atoms with Gasteiger partial charge in [0.2, 0.25) is 0 Å². The molecule has 0 saturated carbocycles. The molecule has 19 heavy (non-hydrogen) atoms. The molecule has 0 N–H and O–H groups in total. The van der Waals surface area contributed by atoms with Gasteiger partial charge in [-0.1, -0.05) is 11.8 Å². The third kappa shape index (κ3) is 1.97. The molecule has 0 aromatic carbocycles. The Hall–Kier alpha value is -1.96. The van der Waals surface area contributed by atoms with Crippen molar-refractivity contribution in [3.05, 3.63) is 22.9 Å². The van der Waals surface area contributed by atoms with Crippen molar-refractivity contribution >= 4 is 28.8 Å². The van der Waals surface area contributed by atoms with Gasteiger partial charge in [-0.3, -0.25) is 14.5 Å². The van der Waals surface area contributed by atoms with Gasteiger partial charge in [0, 0.05) is 5.70 Å². The van der Waals surface area contributed by atoms with E-state index in [4.69, 9.17) is 4.74 Å². The van der Waals surface area contributed by atoms with Crippen molar-refractivity contribution in [2.45, 2.75) is 19.5 Å². The van der Waals surface area contributed by atoms with Gasteiger partial charge in [-0.05, 0) is 12.3 Å². The molecule has 0 bridgehead atoms. The first kappa shape index (κ1) is 12.1. The van der Waals surface area contributed by atoms with Crippen molar-refractivity contribution < 1.29 is 14.3 Å². The maximum atomic E-state index is 12.3. The Kier molecular flexibility index (Phi) is 2.94. The number of carbonyl (C=O) groups is 2. The number of azo groups is 1. The summed E-state index contributed by atoms with van der Waals surface area (Å²) in [7, 11) is 0. The van der Waals surface area contributed by atoms with Crippen molar-refractivity contribution in [3.63, 3.8) is 0 Å². The van der Waals surface area contributed by atoms with E-state index in [1.807, 2.05) is 0 Å². The normalized spacial score (nSPS) is 23.6. The molecule has 0 aliphatic carbocycles. The van der Waals surface area contributed by atoms with Crippen LogP contribution in [-0.2, 0) is 14.3 Å². The number of nitrogens with zero attached hydrogens (tertiary/aromatic N) is 4. The van der Waals surface area contributed by atoms with E-state index in [0.717, 1.165) is 0 Å². The van der Waals surface area contributed by atoms with Gasteiger partial charge in [-0.25, -0.2) is 4.99 Å². The number of esters is 1. The largest absolute Gasteiger partial charge is 0.466 e. The summed E-state index contributed by atoms with van der Waals surface area (Å²) in [6.07, 6.45) is 0.942. The minimum Gasteiger partial charge on any atom is -0.466 e. The summed E-state index contributed by atoms with van der Waals surface area (Å²) in [6, 6.07) is 0. The molecule has 0 radical (unpaired) electrons. The molecule has 1 amide bonds. The summed E-state index contributed by atoms with van der Waals surface area (Å²) in [5.74, 6) is -0.583. The molecule has 7 nitrogen and oxygen atoms in total. The van der Waals surface area contributed by atoms with E-state index in [9.17, 15) is 9.59 Å². The number of ether oxygens (including phenoxy) is 1. The second-order valence-electron chi connectivity index (χ2n) is 3.95. The molecule has 0 aromatic rings. The molecular weight excluding hydrogens is 268 g/mol. The molecule has 1 unspecified atom stereocenters. The SMILES string of the molecule is CCOC(=O)CC1=CSC2=NC3N=NC=C3C(=O)N12. The fourth-order valence-corrected chi connectivity index (χ4v) is 2.81. The van der Waals surface area contributed by atoms with Crippen LogP contribution in [-0.4, -0.2) is 34.7 Å². The van der Waals surface area contributed by atoms with Gasteiger partial charge in [0.1, 0.15) is 0 Å². The molecule has 1 atom stereocenters. The maximum Gasteiger partial charge on any atom is 0.311 e. The van der Waals surface area contributed by atoms with Gasteiger partial charge in [-0.15, -0.1) is 0 Å². The summed E-state index contributed by atoms with van der Waals surface area (Å²) in [6.45, 7) is 2.06. The molecule has 0 saturated heterocycles. The molecular formula is C11H10N4O3S. The lowest BCUT2D eigenvalue weighted by Crippen LogP contribution is -2.39. The van der Waals surface area contributed by atoms with Crippen molar-refractivity contribution in [2.24, 2.45) is 15.2 Å². The summed E-state index contributed by atoms with van der Waals surface area (Å²) in [5.41, 5.74) is 1.01. The first-order valence-electron chi connectivity index (χ1n) is 5.74. The molecule has 3 rings (SSSR count). The van der Waals surface area contributed by atoms with Crippen LogP contribution < -0.4 is 0 Å². The predicted molar refractivity (Wildman–Crippen MR) is 67.9 cm³/mol. The zero-order valence-corrected chi connectivity index (χ0v) is 10.9. The van der Waals surface area contributed by atoms with Crippen molar-refractivity contribution in [1.82, 2.24) is 4.90 Å². The molecule has 98 valence electrons. The van der Waals surface area contributed by atoms with Gasteiger partial charge in [-0.2, -0.15) is 10.2 Å². The summed E-state index contributed by atoms with van der Waals surface area (Å²) in [4.78, 5) is 29.5. The van der Waals surface area contributed by atoms with Gasteiger partial charge in [0.05, 0.1) is 24.8 Å². The Balaban J connectivity index is 1.82. The predicted octanol–water partition coefficient (Wildman–Crippen LogP) is 1.40. The number of aliphatic imine (C=N–C) groups is 1. The van der Waals surface area contributed by atoms with E-state index < -0.39 is 6.17 Å². The van der Waals surface area contributed by atoms with E-state index in [2.05, 4.69) is 15.2 Å². The van der Waals surface area contributed by atoms with Crippen molar-refractivity contribution in [2.75, 3.05) is 6.61 Å². The van der Waals surface area contributed by atoms with Crippen molar-refractivity contribution in [1.29, 1.82) is 0 Å². The summed E-state index contributed by atoms with van der Waals surface area (Å²) in [5, 5.41) is 9.84. The highest BCUT2D eigenvalue weighted by Crippen LogP contribution is 2.36. The monoisotopic (exact) mass is 278 g/mol. The van der Waals surface area contributed by atoms with E-state index >= 15 is 0 Å². The Morgan fingerprint density at radius 1 is 1.58 bits per heavy atom. The second-order valence-corrected chi connectivity index (χ2v) is 4.79. The smallest absolute Gasteiger partial charge is 0.311 e. The second kappa shape index (κ2) is 4.61. The maximum absolute atomic E-state index is 12.3. The van der Waals surface area contributed by atoms with Crippen LogP contribution >= 0.6 is 11.8 Å². The Morgan fingerprint density at radius 2 is 2.42 bits per heavy atom. The number of hydrogen-bond acceptors (Lipinski definition) is 7. The average Bonchev–Trinajstić information content (AvgIpc) is 2.97. The highest BCUT2D eigenvalue weighted by molar-refractivity contribution is 8.16. The average molecular weight is 278 g/mol. The van der Waals surface area contributed by atoms with Crippen LogP contribution in [0.4, 0.5) is 0 Å². The molecule has 3 aliphatic heterocycles. The lowest BCUT2D eigenvalue weighted by molar-refractivity contribution is -0.142. The Morgan fingerprint density at radius 3 is 3.21 bits per heavy atom. The highest BCUT2D eigenvalue weighted by Gasteiger charge is 2.40. The lowest BCUT2D eigenvalue weighted by Gasteiger charge is -2.25. The van der Waals surface area contributed by atoms with E-state index in [-0.39, 0.29) is 18.3 Å². The summed E-state index contributed by atoms with van der Waals surface area (Å²) >= 11 is 1.30. The number of amides is 1. The number of thioether (sulfide) groups is 1. The van der Waals surface area contributed by atoms with Gasteiger partial charge < -0.3 is 4.74 Å². The number of fused-ring (bicyclic) bond motifs is 2. The van der Waals surface area contributed by atoms with E-state index in [0.29, 0.717) is 23.0 Å². The fraction of sp³-hybridized carbons (Fsp3) is 0.364. The zero-order valence-electron chi connectivity index (χ0n) is 10.1. The number of rotatable bonds is 3. The van der Waals surface area contributed by atoms with Crippen molar-refractivity contribution in [3.8, 4) is 0 Å². The van der Waals surface area contributed by atoms with E-state index in [1.54, 1.807) is 12.3 Å². The number of hydrogen-bond donors (Lipinski definition) is 0. The molecule has 0 spiro atoms. The van der Waals surface area contributed by atoms with Crippen LogP contribution in [0.5, 0.6) is 0 Å². The van der Waals surface area contributed by atoms with Crippen LogP contribution in [0.25, 0.3) is 0 Å². The minimum atomic E-state index is -0.526. The number of carbonyl (C=O) groups excluding carboxylic acids is 2. The Labute approximate surface area is 113 Å². The lowest BCUT2D eigenvalue weighted by atomic mass is 10.1. The number of amidine groups is 1. The fourth-order valence-electron chi connectivity index (χ4n) is 1.92. The molecule has 8 heteroatoms. The third-order valence-corrected chi connectivity index (χ3v) is 3.63. The first-order valence-corrected chi connectivity index (χ1v) is 6.62. The standard InChI is InChI=1S/C11H10N4O3S/c1-2-18-8(16)3-6-5-19-11-13-9-7(4-12-14-9)10(17)15(6)11/h4-5,9H,2-3H2,1H3. The molecule has 0 fully saturated rings. The van der Waals surface area contributed by atoms with Crippen LogP contribution in [0, 0.1) is 0 Å². The minimum absolute atomic E-state index is 0.0534. The molecule has 3 aliphatic rings. The van der Waals surface area contributed by atoms with Gasteiger partial charge in [0.25, 0.3) is 5.91 Å². The van der Waals surface area contributed by atoms with E-state index in [1.165, 1.54) is 22.9 Å². The zero-order chi connectivity index (χ0) is 13.4. The molecule has 0 aromatic heterocycles. The summed E-state index contributed by atoms with van der Waals surface area (Å²) < 4.78 is 4.89. The quantitative estimate of drug-likeness (QED) is 0.730. The highest BCUT2D eigenvalue weighted by atomic mass is 32.2. The van der Waals surface area contributed by atoms with Gasteiger partial charge in [0.15, 0.2) is 11.3 Å². The van der Waals surface area contributed by atoms with Crippen LogP contribution in [0.2, 0.25) is 0 Å². The van der Waals surface area contributed by atoms with Crippen LogP contribution in [0.3, 0.4) is 0 Å². The first-order chi connectivity index (χ1) is 9.20. The molecule has 3 heterocycles. The Bertz CT molecular complexity index is 576. The van der Waals surface area contributed by atoms with Gasteiger partial charge >= 0.3 is 5.97 Å². The van der Waals surface area contributed by atoms with Crippen LogP contribution in [0.15, 0.2) is 38.1 Å². The topological polar surface area (TPSA) is 83.7 Å². The third-order valence-electron chi connectivity index (χ3n) is 2.74.